The van der Waals surface area contributed by atoms with Gasteiger partial charge < -0.3 is 10.4 Å². The molecule has 2 heterocycles. The number of rotatable bonds is 5. The number of carbonyl (C=O) groups is 1. The van der Waals surface area contributed by atoms with Gasteiger partial charge in [0.1, 0.15) is 5.82 Å². The summed E-state index contributed by atoms with van der Waals surface area (Å²) in [5, 5.41) is 18.5. The Morgan fingerprint density at radius 1 is 1.15 bits per heavy atom. The fourth-order valence-electron chi connectivity index (χ4n) is 4.73. The lowest BCUT2D eigenvalue weighted by molar-refractivity contribution is 0.0714. The van der Waals surface area contributed by atoms with Crippen molar-refractivity contribution < 1.29 is 14.3 Å². The zero-order valence-corrected chi connectivity index (χ0v) is 19.0. The van der Waals surface area contributed by atoms with E-state index in [1.54, 1.807) is 35.3 Å². The SMILES string of the molecule is Cn1cc(-c2ccc(Cc3cc(C(=O)NC4CCCCC4O)c(F)c4ccccc34)cn2)cn1. The van der Waals surface area contributed by atoms with Crippen molar-refractivity contribution in [1.29, 1.82) is 0 Å². The van der Waals surface area contributed by atoms with Gasteiger partial charge in [-0.25, -0.2) is 4.39 Å². The molecule has 4 aromatic rings. The summed E-state index contributed by atoms with van der Waals surface area (Å²) < 4.78 is 17.1. The summed E-state index contributed by atoms with van der Waals surface area (Å²) in [6.45, 7) is 0. The van der Waals surface area contributed by atoms with Crippen LogP contribution in [0, 0.1) is 5.82 Å². The quantitative estimate of drug-likeness (QED) is 0.465. The molecule has 0 bridgehead atoms. The normalized spacial score (nSPS) is 18.2. The zero-order chi connectivity index (χ0) is 23.7. The number of halogens is 1. The Hall–Kier alpha value is -3.58. The lowest BCUT2D eigenvalue weighted by atomic mass is 9.91. The number of amides is 1. The summed E-state index contributed by atoms with van der Waals surface area (Å²) in [5.41, 5.74) is 3.57. The average molecular weight is 459 g/mol. The predicted molar refractivity (Wildman–Crippen MR) is 129 cm³/mol. The summed E-state index contributed by atoms with van der Waals surface area (Å²) in [5.74, 6) is -1.02. The van der Waals surface area contributed by atoms with Gasteiger partial charge in [-0.05, 0) is 47.9 Å². The maximum atomic E-state index is 15.4. The number of nitrogens with zero attached hydrogens (tertiary/aromatic N) is 3. The molecule has 2 unspecified atom stereocenters. The van der Waals surface area contributed by atoms with Gasteiger partial charge in [-0.2, -0.15) is 5.10 Å². The molecule has 0 saturated heterocycles. The lowest BCUT2D eigenvalue weighted by Gasteiger charge is -2.28. The minimum atomic E-state index is -0.593. The van der Waals surface area contributed by atoms with Crippen LogP contribution in [0.5, 0.6) is 0 Å². The lowest BCUT2D eigenvalue weighted by Crippen LogP contribution is -2.45. The van der Waals surface area contributed by atoms with E-state index in [9.17, 15) is 9.90 Å². The molecule has 174 valence electrons. The van der Waals surface area contributed by atoms with Gasteiger partial charge in [-0.15, -0.1) is 0 Å². The smallest absolute Gasteiger partial charge is 0.254 e. The van der Waals surface area contributed by atoms with Gasteiger partial charge in [0.05, 0.1) is 29.6 Å². The van der Waals surface area contributed by atoms with Crippen molar-refractivity contribution in [1.82, 2.24) is 20.1 Å². The van der Waals surface area contributed by atoms with Crippen LogP contribution in [0.1, 0.15) is 47.2 Å². The van der Waals surface area contributed by atoms with Gasteiger partial charge in [-0.1, -0.05) is 43.2 Å². The molecule has 0 spiro atoms. The highest BCUT2D eigenvalue weighted by molar-refractivity contribution is 6.00. The average Bonchev–Trinajstić information content (AvgIpc) is 3.29. The second-order valence-electron chi connectivity index (χ2n) is 9.01. The largest absolute Gasteiger partial charge is 0.391 e. The summed E-state index contributed by atoms with van der Waals surface area (Å²) in [6.07, 6.45) is 8.62. The molecule has 2 aromatic carbocycles. The molecule has 2 N–H and O–H groups in total. The molecule has 0 aliphatic heterocycles. The maximum Gasteiger partial charge on any atom is 0.254 e. The molecule has 1 aliphatic carbocycles. The van der Waals surface area contributed by atoms with Crippen LogP contribution in [0.15, 0.2) is 61.1 Å². The van der Waals surface area contributed by atoms with Crippen LogP contribution in [0.2, 0.25) is 0 Å². The highest BCUT2D eigenvalue weighted by Crippen LogP contribution is 2.28. The number of aliphatic hydroxyl groups excluding tert-OH is 1. The number of carbonyl (C=O) groups excluding carboxylic acids is 1. The van der Waals surface area contributed by atoms with Crippen LogP contribution in [0.25, 0.3) is 22.0 Å². The molecule has 1 fully saturated rings. The molecule has 1 amide bonds. The fraction of sp³-hybridized carbons (Fsp3) is 0.296. The summed E-state index contributed by atoms with van der Waals surface area (Å²) in [4.78, 5) is 17.6. The molecule has 2 atom stereocenters. The molecule has 0 radical (unpaired) electrons. The van der Waals surface area contributed by atoms with E-state index >= 15 is 4.39 Å². The first-order chi connectivity index (χ1) is 16.5. The van der Waals surface area contributed by atoms with Gasteiger partial charge in [0.15, 0.2) is 0 Å². The van der Waals surface area contributed by atoms with E-state index in [1.165, 1.54) is 0 Å². The molecule has 1 aliphatic rings. The number of aromatic nitrogens is 3. The Morgan fingerprint density at radius 3 is 2.65 bits per heavy atom. The number of aliphatic hydroxyl groups is 1. The molecule has 6 nitrogen and oxygen atoms in total. The topological polar surface area (TPSA) is 80.0 Å². The predicted octanol–water partition coefficient (Wildman–Crippen LogP) is 4.40. The number of nitrogens with one attached hydrogen (secondary N) is 1. The Morgan fingerprint density at radius 2 is 1.94 bits per heavy atom. The zero-order valence-electron chi connectivity index (χ0n) is 19.0. The first-order valence-corrected chi connectivity index (χ1v) is 11.6. The molecular weight excluding hydrogens is 431 g/mol. The standard InChI is InChI=1S/C27H27FN4O2/c1-32-16-19(15-30-32)23-11-10-17(14-29-23)12-18-13-22(26(28)21-7-3-2-6-20(18)21)27(34)31-24-8-4-5-9-25(24)33/h2-3,6-7,10-11,13-16,24-25,33H,4-5,8-9,12H2,1H3,(H,31,34). The number of hydrogen-bond acceptors (Lipinski definition) is 4. The van der Waals surface area contributed by atoms with Crippen molar-refractivity contribution in [2.45, 2.75) is 44.2 Å². The van der Waals surface area contributed by atoms with E-state index in [0.29, 0.717) is 24.6 Å². The second kappa shape index (κ2) is 9.35. The van der Waals surface area contributed by atoms with E-state index in [2.05, 4.69) is 15.4 Å². The Labute approximate surface area is 197 Å². The fourth-order valence-corrected chi connectivity index (χ4v) is 4.73. The number of fused-ring (bicyclic) bond motifs is 1. The third kappa shape index (κ3) is 4.43. The van der Waals surface area contributed by atoms with E-state index < -0.39 is 17.8 Å². The maximum absolute atomic E-state index is 15.4. The Balaban J connectivity index is 1.46. The van der Waals surface area contributed by atoms with Gasteiger partial charge in [0.2, 0.25) is 0 Å². The molecule has 34 heavy (non-hydrogen) atoms. The van der Waals surface area contributed by atoms with Crippen molar-refractivity contribution in [3.05, 3.63) is 83.6 Å². The van der Waals surface area contributed by atoms with Gasteiger partial charge >= 0.3 is 0 Å². The van der Waals surface area contributed by atoms with Crippen LogP contribution in [0.4, 0.5) is 4.39 Å². The molecule has 1 saturated carbocycles. The van der Waals surface area contributed by atoms with Crippen molar-refractivity contribution in [2.75, 3.05) is 0 Å². The number of aryl methyl sites for hydroxylation is 1. The number of benzene rings is 2. The van der Waals surface area contributed by atoms with Crippen LogP contribution >= 0.6 is 0 Å². The van der Waals surface area contributed by atoms with Crippen LogP contribution in [-0.4, -0.2) is 37.9 Å². The monoisotopic (exact) mass is 458 g/mol. The molecule has 5 rings (SSSR count). The minimum absolute atomic E-state index is 0.00594. The van der Waals surface area contributed by atoms with Crippen molar-refractivity contribution in [2.24, 2.45) is 7.05 Å². The van der Waals surface area contributed by atoms with E-state index in [1.807, 2.05) is 37.5 Å². The van der Waals surface area contributed by atoms with Crippen molar-refractivity contribution in [3.8, 4) is 11.3 Å². The number of hydrogen-bond donors (Lipinski definition) is 2. The minimum Gasteiger partial charge on any atom is -0.391 e. The Kier molecular flexibility index (Phi) is 6.11. The van der Waals surface area contributed by atoms with E-state index in [-0.39, 0.29) is 11.6 Å². The van der Waals surface area contributed by atoms with Crippen LogP contribution in [-0.2, 0) is 13.5 Å². The summed E-state index contributed by atoms with van der Waals surface area (Å²) in [6, 6.07) is 12.4. The summed E-state index contributed by atoms with van der Waals surface area (Å²) in [7, 11) is 1.86. The van der Waals surface area contributed by atoms with Gasteiger partial charge in [-0.3, -0.25) is 14.5 Å². The highest BCUT2D eigenvalue weighted by atomic mass is 19.1. The van der Waals surface area contributed by atoms with E-state index in [0.717, 1.165) is 40.6 Å². The van der Waals surface area contributed by atoms with Crippen molar-refractivity contribution in [3.63, 3.8) is 0 Å². The highest BCUT2D eigenvalue weighted by Gasteiger charge is 2.26. The van der Waals surface area contributed by atoms with Gasteiger partial charge in [0.25, 0.3) is 5.91 Å². The molecule has 2 aromatic heterocycles. The van der Waals surface area contributed by atoms with E-state index in [4.69, 9.17) is 0 Å². The second-order valence-corrected chi connectivity index (χ2v) is 9.01. The number of pyridine rings is 1. The molecular formula is C27H27FN4O2. The van der Waals surface area contributed by atoms with Crippen LogP contribution < -0.4 is 5.32 Å². The van der Waals surface area contributed by atoms with Crippen LogP contribution in [0.3, 0.4) is 0 Å². The summed E-state index contributed by atoms with van der Waals surface area (Å²) >= 11 is 0. The first kappa shape index (κ1) is 22.2. The first-order valence-electron chi connectivity index (χ1n) is 11.6. The molecule has 7 heteroatoms. The van der Waals surface area contributed by atoms with Crippen molar-refractivity contribution >= 4 is 16.7 Å². The third-order valence-electron chi connectivity index (χ3n) is 6.58. The van der Waals surface area contributed by atoms with Gasteiger partial charge in [0, 0.05) is 30.4 Å². The Bertz CT molecular complexity index is 1330. The third-order valence-corrected chi connectivity index (χ3v) is 6.58.